The first kappa shape index (κ1) is 35.0. The van der Waals surface area contributed by atoms with Crippen molar-refractivity contribution in [3.8, 4) is 0 Å². The predicted octanol–water partition coefficient (Wildman–Crippen LogP) is 8.50. The van der Waals surface area contributed by atoms with E-state index in [1.165, 1.54) is 101 Å². The van der Waals surface area contributed by atoms with E-state index in [9.17, 15) is 8.42 Å². The van der Waals surface area contributed by atoms with Gasteiger partial charge >= 0.3 is 0 Å². The van der Waals surface area contributed by atoms with Gasteiger partial charge in [0.05, 0.1) is 38.5 Å². The maximum atomic E-state index is 11.8. The molecule has 0 amide bonds. The average Bonchev–Trinajstić information content (AvgIpc) is 2.82. The summed E-state index contributed by atoms with van der Waals surface area (Å²) in [5.74, 6) is 0.193. The fourth-order valence-corrected chi connectivity index (χ4v) is 5.28. The van der Waals surface area contributed by atoms with Crippen LogP contribution in [-0.2, 0) is 14.3 Å². The highest BCUT2D eigenvalue weighted by Crippen LogP contribution is 2.11. The fraction of sp³-hybridized carbons (Fsp3) is 1.00. The summed E-state index contributed by atoms with van der Waals surface area (Å²) in [6.45, 7) is 19.0. The molecule has 0 saturated heterocycles. The van der Waals surface area contributed by atoms with Gasteiger partial charge in [-0.15, -0.1) is 0 Å². The van der Waals surface area contributed by atoms with Crippen molar-refractivity contribution in [3.05, 3.63) is 0 Å². The van der Waals surface area contributed by atoms with Crippen molar-refractivity contribution in [2.45, 2.75) is 144 Å². The number of hydrogen-bond donors (Lipinski definition) is 0. The van der Waals surface area contributed by atoms with Gasteiger partial charge < -0.3 is 4.48 Å². The van der Waals surface area contributed by atoms with Gasteiger partial charge in [0, 0.05) is 0 Å². The molecule has 0 heterocycles. The van der Waals surface area contributed by atoms with Crippen molar-refractivity contribution in [2.75, 3.05) is 38.5 Å². The molecule has 0 aliphatic heterocycles. The second kappa shape index (κ2) is 25.0. The zero-order chi connectivity index (χ0) is 25.3. The van der Waals surface area contributed by atoms with Crippen molar-refractivity contribution in [2.24, 2.45) is 0 Å². The molecule has 0 aromatic heterocycles. The lowest BCUT2D eigenvalue weighted by molar-refractivity contribution is -0.921. The van der Waals surface area contributed by atoms with E-state index in [1.807, 2.05) is 0 Å². The molecule has 0 radical (unpaired) electrons. The molecule has 202 valence electrons. The molecule has 0 aliphatic carbocycles. The highest BCUT2D eigenvalue weighted by atomic mass is 32.2. The Hall–Kier alpha value is -0.130. The van der Waals surface area contributed by atoms with E-state index in [4.69, 9.17) is 4.18 Å². The number of quaternary nitrogens is 1. The van der Waals surface area contributed by atoms with Gasteiger partial charge in [0.15, 0.2) is 0 Å². The van der Waals surface area contributed by atoms with Crippen LogP contribution in [0, 0.1) is 0 Å². The number of hydrogen-bond acceptors (Lipinski definition) is 3. The van der Waals surface area contributed by atoms with Crippen molar-refractivity contribution in [3.63, 3.8) is 0 Å². The average molecular weight is 493 g/mol. The fourth-order valence-electron chi connectivity index (χ4n) is 4.24. The van der Waals surface area contributed by atoms with Gasteiger partial charge in [0.1, 0.15) is 0 Å². The summed E-state index contributed by atoms with van der Waals surface area (Å²) < 4.78 is 29.9. The molecule has 4 nitrogen and oxygen atoms in total. The van der Waals surface area contributed by atoms with Crippen LogP contribution >= 0.6 is 0 Å². The Bertz CT molecular complexity index is 458. The largest absolute Gasteiger partial charge is 0.325 e. The summed E-state index contributed by atoms with van der Waals surface area (Å²) in [4.78, 5) is 0. The molecular formula is C28H62NO3S+. The van der Waals surface area contributed by atoms with Crippen LogP contribution in [0.15, 0.2) is 0 Å². The third kappa shape index (κ3) is 23.4. The van der Waals surface area contributed by atoms with Crippen LogP contribution in [-0.4, -0.2) is 51.4 Å². The molecule has 0 N–H and O–H groups in total. The summed E-state index contributed by atoms with van der Waals surface area (Å²) in [5, 5.41) is 0. The highest BCUT2D eigenvalue weighted by Gasteiger charge is 2.16. The minimum absolute atomic E-state index is 0.193. The summed E-state index contributed by atoms with van der Waals surface area (Å²) in [6.07, 6.45) is 19.0. The Morgan fingerprint density at radius 1 is 0.485 bits per heavy atom. The van der Waals surface area contributed by atoms with Crippen molar-refractivity contribution in [1.82, 2.24) is 0 Å². The van der Waals surface area contributed by atoms with E-state index in [2.05, 4.69) is 41.5 Å². The molecule has 0 bridgehead atoms. The van der Waals surface area contributed by atoms with Crippen LogP contribution in [0.4, 0.5) is 0 Å². The van der Waals surface area contributed by atoms with Crippen LogP contribution in [0.1, 0.15) is 144 Å². The molecule has 5 heteroatoms. The van der Waals surface area contributed by atoms with E-state index in [-0.39, 0.29) is 5.75 Å². The molecule has 0 unspecified atom stereocenters. The van der Waals surface area contributed by atoms with Gasteiger partial charge in [-0.2, -0.15) is 8.42 Å². The summed E-state index contributed by atoms with van der Waals surface area (Å²) in [6, 6.07) is 0. The summed E-state index contributed by atoms with van der Waals surface area (Å²) in [5.41, 5.74) is 0. The molecule has 0 aromatic rings. The molecule has 0 spiro atoms. The number of rotatable bonds is 23. The minimum atomic E-state index is -3.29. The Morgan fingerprint density at radius 3 is 1.15 bits per heavy atom. The van der Waals surface area contributed by atoms with Gasteiger partial charge in [-0.1, -0.05) is 104 Å². The maximum absolute atomic E-state index is 11.8. The van der Waals surface area contributed by atoms with Crippen molar-refractivity contribution >= 4 is 10.1 Å². The Kier molecular flexibility index (Phi) is 26.5. The molecule has 0 saturated carbocycles. The van der Waals surface area contributed by atoms with Gasteiger partial charge in [0.2, 0.25) is 0 Å². The topological polar surface area (TPSA) is 43.4 Å². The number of unbranched alkanes of at least 4 members (excludes halogenated alkanes) is 14. The monoisotopic (exact) mass is 492 g/mol. The molecular weight excluding hydrogens is 430 g/mol. The third-order valence-corrected chi connectivity index (χ3v) is 8.51. The molecule has 33 heavy (non-hydrogen) atoms. The van der Waals surface area contributed by atoms with E-state index in [0.29, 0.717) is 6.61 Å². The van der Waals surface area contributed by atoms with Gasteiger partial charge in [-0.25, -0.2) is 0 Å². The van der Waals surface area contributed by atoms with E-state index in [1.54, 1.807) is 0 Å². The Labute approximate surface area is 210 Å². The number of nitrogens with zero attached hydrogens (tertiary/aromatic N) is 1. The lowest BCUT2D eigenvalue weighted by Gasteiger charge is -2.34. The zero-order valence-electron chi connectivity index (χ0n) is 23.6. The molecule has 0 atom stereocenters. The Balaban J connectivity index is 0. The molecule has 0 aromatic carbocycles. The summed E-state index contributed by atoms with van der Waals surface area (Å²) >= 11 is 0. The van der Waals surface area contributed by atoms with E-state index >= 15 is 0 Å². The van der Waals surface area contributed by atoms with Crippen LogP contribution in [0.3, 0.4) is 0 Å². The Morgan fingerprint density at radius 2 is 0.818 bits per heavy atom. The second-order valence-corrected chi connectivity index (χ2v) is 11.4. The highest BCUT2D eigenvalue weighted by molar-refractivity contribution is 7.86. The first-order valence-corrected chi connectivity index (χ1v) is 16.2. The third-order valence-electron chi connectivity index (χ3n) is 7.19. The lowest BCUT2D eigenvalue weighted by atomic mass is 10.1. The summed E-state index contributed by atoms with van der Waals surface area (Å²) in [7, 11) is -3.29. The minimum Gasteiger partial charge on any atom is -0.325 e. The second-order valence-electron chi connectivity index (χ2n) is 9.64. The first-order valence-electron chi connectivity index (χ1n) is 14.6. The van der Waals surface area contributed by atoms with Crippen molar-refractivity contribution < 1.29 is 17.1 Å². The molecule has 0 fully saturated rings. The van der Waals surface area contributed by atoms with Gasteiger partial charge in [0.25, 0.3) is 10.1 Å². The van der Waals surface area contributed by atoms with Crippen LogP contribution in [0.2, 0.25) is 0 Å². The SMILES string of the molecule is CCCCCCCCCCCOS(=O)(=O)CCCCCCCCC.CC[N+](CC)(CC)CC. The van der Waals surface area contributed by atoms with Crippen LogP contribution in [0.5, 0.6) is 0 Å². The van der Waals surface area contributed by atoms with Gasteiger partial charge in [-0.05, 0) is 40.5 Å². The van der Waals surface area contributed by atoms with Crippen LogP contribution in [0.25, 0.3) is 0 Å². The van der Waals surface area contributed by atoms with Crippen LogP contribution < -0.4 is 0 Å². The first-order chi connectivity index (χ1) is 15.9. The normalized spacial score (nSPS) is 11.9. The molecule has 0 rings (SSSR count). The smallest absolute Gasteiger partial charge is 0.267 e. The maximum Gasteiger partial charge on any atom is 0.267 e. The quantitative estimate of drug-likeness (QED) is 0.0815. The standard InChI is InChI=1S/C20H42O3S.C8H20N/c1-3-5-7-9-11-12-13-15-17-19-23-24(21,22)20-18-16-14-10-8-6-4-2;1-5-9(6-2,7-3)8-4/h3-20H2,1-2H3;5-8H2,1-4H3/q;+1. The van der Waals surface area contributed by atoms with Crippen molar-refractivity contribution in [1.29, 1.82) is 0 Å². The predicted molar refractivity (Wildman–Crippen MR) is 147 cm³/mol. The van der Waals surface area contributed by atoms with Gasteiger partial charge in [-0.3, -0.25) is 4.18 Å². The molecule has 0 aliphatic rings. The lowest BCUT2D eigenvalue weighted by Crippen LogP contribution is -2.47. The zero-order valence-corrected chi connectivity index (χ0v) is 24.5. The van der Waals surface area contributed by atoms with E-state index in [0.717, 1.165) is 32.1 Å². The van der Waals surface area contributed by atoms with E-state index < -0.39 is 10.1 Å².